The van der Waals surface area contributed by atoms with Gasteiger partial charge in [0.1, 0.15) is 12.4 Å². The first-order chi connectivity index (χ1) is 6.63. The Labute approximate surface area is 102 Å². The smallest absolute Gasteiger partial charge is 0.134 e. The molecular formula is C10H9BrCl2O. The Hall–Kier alpha value is -0.180. The van der Waals surface area contributed by atoms with Crippen molar-refractivity contribution < 1.29 is 4.74 Å². The molecule has 0 spiro atoms. The Balaban J connectivity index is 2.68. The number of ether oxygens (including phenoxy) is 1. The molecule has 0 bridgehead atoms. The highest BCUT2D eigenvalue weighted by atomic mass is 79.9. The highest BCUT2D eigenvalue weighted by molar-refractivity contribution is 9.10. The minimum atomic E-state index is 0.284. The SMILES string of the molecule is Cc1ccc(OCC(Cl)=CCl)c(Br)c1. The molecular weight excluding hydrogens is 287 g/mol. The molecule has 0 N–H and O–H groups in total. The van der Waals surface area contributed by atoms with Crippen molar-refractivity contribution in [2.75, 3.05) is 6.61 Å². The molecule has 0 aliphatic carbocycles. The van der Waals surface area contributed by atoms with Gasteiger partial charge in [-0.15, -0.1) is 0 Å². The lowest BCUT2D eigenvalue weighted by molar-refractivity contribution is 0.357. The van der Waals surface area contributed by atoms with Gasteiger partial charge in [-0.1, -0.05) is 29.3 Å². The second kappa shape index (κ2) is 5.64. The fraction of sp³-hybridized carbons (Fsp3) is 0.200. The van der Waals surface area contributed by atoms with Crippen LogP contribution >= 0.6 is 39.1 Å². The number of halogens is 3. The van der Waals surface area contributed by atoms with Crippen molar-refractivity contribution in [2.24, 2.45) is 0 Å². The van der Waals surface area contributed by atoms with Gasteiger partial charge in [-0.05, 0) is 40.5 Å². The van der Waals surface area contributed by atoms with Gasteiger partial charge < -0.3 is 4.74 Å². The van der Waals surface area contributed by atoms with Gasteiger partial charge >= 0.3 is 0 Å². The molecule has 1 aromatic carbocycles. The Morgan fingerprint density at radius 2 is 2.29 bits per heavy atom. The van der Waals surface area contributed by atoms with Gasteiger partial charge in [-0.3, -0.25) is 0 Å². The number of hydrogen-bond donors (Lipinski definition) is 0. The summed E-state index contributed by atoms with van der Waals surface area (Å²) in [4.78, 5) is 0. The summed E-state index contributed by atoms with van der Waals surface area (Å²) in [5, 5.41) is 0.471. The molecule has 0 fully saturated rings. The highest BCUT2D eigenvalue weighted by Gasteiger charge is 2.01. The van der Waals surface area contributed by atoms with Crippen molar-refractivity contribution in [1.82, 2.24) is 0 Å². The maximum absolute atomic E-state index is 5.69. The fourth-order valence-electron chi connectivity index (χ4n) is 0.901. The first kappa shape index (κ1) is 11.9. The van der Waals surface area contributed by atoms with Crippen LogP contribution in [0.4, 0.5) is 0 Å². The second-order valence-electron chi connectivity index (χ2n) is 2.78. The number of rotatable bonds is 3. The summed E-state index contributed by atoms with van der Waals surface area (Å²) in [5.41, 5.74) is 2.46. The molecule has 1 nitrogen and oxygen atoms in total. The third-order valence-corrected chi connectivity index (χ3v) is 2.78. The van der Waals surface area contributed by atoms with Crippen molar-refractivity contribution >= 4 is 39.1 Å². The molecule has 4 heteroatoms. The van der Waals surface area contributed by atoms with Crippen LogP contribution in [-0.2, 0) is 0 Å². The molecule has 0 aromatic heterocycles. The number of aryl methyl sites for hydroxylation is 1. The van der Waals surface area contributed by atoms with Crippen molar-refractivity contribution in [3.05, 3.63) is 38.8 Å². The summed E-state index contributed by atoms with van der Waals surface area (Å²) < 4.78 is 6.33. The van der Waals surface area contributed by atoms with Gasteiger partial charge in [0.05, 0.1) is 9.51 Å². The van der Waals surface area contributed by atoms with Crippen LogP contribution in [0.1, 0.15) is 5.56 Å². The van der Waals surface area contributed by atoms with E-state index in [-0.39, 0.29) is 6.61 Å². The lowest BCUT2D eigenvalue weighted by atomic mass is 10.2. The van der Waals surface area contributed by atoms with E-state index in [0.717, 1.165) is 10.2 Å². The molecule has 0 aliphatic rings. The van der Waals surface area contributed by atoms with Gasteiger partial charge in [0.15, 0.2) is 0 Å². The minimum absolute atomic E-state index is 0.284. The zero-order valence-electron chi connectivity index (χ0n) is 7.56. The number of hydrogen-bond acceptors (Lipinski definition) is 1. The molecule has 0 unspecified atom stereocenters. The molecule has 0 heterocycles. The van der Waals surface area contributed by atoms with Gasteiger partial charge in [-0.2, -0.15) is 0 Å². The Morgan fingerprint density at radius 3 is 2.86 bits per heavy atom. The van der Waals surface area contributed by atoms with Gasteiger partial charge in [0.25, 0.3) is 0 Å². The van der Waals surface area contributed by atoms with E-state index in [1.54, 1.807) is 0 Å². The summed E-state index contributed by atoms with van der Waals surface area (Å²) in [5.74, 6) is 0.757. The Morgan fingerprint density at radius 1 is 1.57 bits per heavy atom. The minimum Gasteiger partial charge on any atom is -0.487 e. The van der Waals surface area contributed by atoms with E-state index in [1.807, 2.05) is 25.1 Å². The van der Waals surface area contributed by atoms with Gasteiger partial charge in [0.2, 0.25) is 0 Å². The molecule has 14 heavy (non-hydrogen) atoms. The highest BCUT2D eigenvalue weighted by Crippen LogP contribution is 2.26. The fourth-order valence-corrected chi connectivity index (χ4v) is 1.63. The predicted molar refractivity (Wildman–Crippen MR) is 64.2 cm³/mol. The summed E-state index contributed by atoms with van der Waals surface area (Å²) in [6.07, 6.45) is 0. The van der Waals surface area contributed by atoms with Crippen LogP contribution in [0.5, 0.6) is 5.75 Å². The van der Waals surface area contributed by atoms with E-state index in [4.69, 9.17) is 27.9 Å². The average Bonchev–Trinajstić information content (AvgIpc) is 2.16. The van der Waals surface area contributed by atoms with Crippen molar-refractivity contribution in [2.45, 2.75) is 6.92 Å². The molecule has 0 radical (unpaired) electrons. The molecule has 0 aliphatic heterocycles. The summed E-state index contributed by atoms with van der Waals surface area (Å²) >= 11 is 14.5. The summed E-state index contributed by atoms with van der Waals surface area (Å²) in [6.45, 7) is 2.30. The van der Waals surface area contributed by atoms with E-state index in [0.29, 0.717) is 5.03 Å². The predicted octanol–water partition coefficient (Wildman–Crippen LogP) is 4.46. The van der Waals surface area contributed by atoms with E-state index in [9.17, 15) is 0 Å². The summed E-state index contributed by atoms with van der Waals surface area (Å²) in [7, 11) is 0. The lowest BCUT2D eigenvalue weighted by Gasteiger charge is -2.07. The topological polar surface area (TPSA) is 9.23 Å². The molecule has 0 amide bonds. The van der Waals surface area contributed by atoms with Crippen LogP contribution in [0.15, 0.2) is 33.2 Å². The Bertz CT molecular complexity index is 350. The van der Waals surface area contributed by atoms with E-state index in [1.165, 1.54) is 11.1 Å². The van der Waals surface area contributed by atoms with Crippen LogP contribution in [0.25, 0.3) is 0 Å². The van der Waals surface area contributed by atoms with Crippen LogP contribution < -0.4 is 4.74 Å². The van der Waals surface area contributed by atoms with Crippen LogP contribution in [0.2, 0.25) is 0 Å². The van der Waals surface area contributed by atoms with Crippen LogP contribution in [0.3, 0.4) is 0 Å². The molecule has 0 saturated carbocycles. The maximum Gasteiger partial charge on any atom is 0.134 e. The third kappa shape index (κ3) is 3.52. The zero-order chi connectivity index (χ0) is 10.6. The monoisotopic (exact) mass is 294 g/mol. The zero-order valence-corrected chi connectivity index (χ0v) is 10.7. The van der Waals surface area contributed by atoms with Gasteiger partial charge in [0, 0.05) is 5.54 Å². The van der Waals surface area contributed by atoms with Gasteiger partial charge in [-0.25, -0.2) is 0 Å². The standard InChI is InChI=1S/C10H9BrCl2O/c1-7-2-3-10(9(11)4-7)14-6-8(13)5-12/h2-5H,6H2,1H3. The van der Waals surface area contributed by atoms with E-state index in [2.05, 4.69) is 15.9 Å². The lowest BCUT2D eigenvalue weighted by Crippen LogP contribution is -1.97. The van der Waals surface area contributed by atoms with Crippen molar-refractivity contribution in [3.8, 4) is 5.75 Å². The molecule has 76 valence electrons. The van der Waals surface area contributed by atoms with Crippen LogP contribution in [0, 0.1) is 6.92 Å². The summed E-state index contributed by atoms with van der Waals surface area (Å²) in [6, 6.07) is 5.84. The Kier molecular flexibility index (Phi) is 4.79. The van der Waals surface area contributed by atoms with Crippen molar-refractivity contribution in [3.63, 3.8) is 0 Å². The first-order valence-corrected chi connectivity index (χ1v) is 5.58. The number of benzene rings is 1. The molecule has 1 rings (SSSR count). The average molecular weight is 296 g/mol. The third-order valence-electron chi connectivity index (χ3n) is 1.57. The first-order valence-electron chi connectivity index (χ1n) is 3.97. The van der Waals surface area contributed by atoms with E-state index >= 15 is 0 Å². The van der Waals surface area contributed by atoms with E-state index < -0.39 is 0 Å². The van der Waals surface area contributed by atoms with Crippen molar-refractivity contribution in [1.29, 1.82) is 0 Å². The largest absolute Gasteiger partial charge is 0.487 e. The second-order valence-corrected chi connectivity index (χ2v) is 4.34. The van der Waals surface area contributed by atoms with Crippen LogP contribution in [-0.4, -0.2) is 6.61 Å². The normalized spacial score (nSPS) is 11.6. The maximum atomic E-state index is 5.69. The molecule has 1 aromatic rings. The quantitative estimate of drug-likeness (QED) is 0.800. The molecule has 0 atom stereocenters. The molecule has 0 saturated heterocycles.